The van der Waals surface area contributed by atoms with Gasteiger partial charge in [-0.2, -0.15) is 0 Å². The Morgan fingerprint density at radius 3 is 2.53 bits per heavy atom. The van der Waals surface area contributed by atoms with Crippen molar-refractivity contribution >= 4 is 5.69 Å². The summed E-state index contributed by atoms with van der Waals surface area (Å²) in [6, 6.07) is 10.0. The van der Waals surface area contributed by atoms with E-state index in [9.17, 15) is 0 Å². The monoisotopic (exact) mass is 262 g/mol. The molecule has 0 radical (unpaired) electrons. The number of hydrogen-bond donors (Lipinski definition) is 1. The van der Waals surface area contributed by atoms with Gasteiger partial charge in [-0.25, -0.2) is 0 Å². The fourth-order valence-electron chi connectivity index (χ4n) is 2.50. The molecule has 0 amide bonds. The lowest BCUT2D eigenvalue weighted by Gasteiger charge is -2.30. The molecule has 0 aliphatic carbocycles. The third-order valence-electron chi connectivity index (χ3n) is 3.56. The third kappa shape index (κ3) is 5.65. The van der Waals surface area contributed by atoms with Crippen LogP contribution in [0.5, 0.6) is 0 Å². The average molecular weight is 262 g/mol. The number of aryl methyl sites for hydroxylation is 1. The van der Waals surface area contributed by atoms with Gasteiger partial charge in [0.25, 0.3) is 0 Å². The highest BCUT2D eigenvalue weighted by Gasteiger charge is 2.12. The maximum atomic E-state index is 3.49. The molecule has 0 bridgehead atoms. The van der Waals surface area contributed by atoms with Crippen molar-refractivity contribution in [2.45, 2.75) is 59.5 Å². The van der Waals surface area contributed by atoms with Crippen LogP contribution in [-0.2, 0) is 0 Å². The van der Waals surface area contributed by atoms with Crippen LogP contribution in [0.1, 0.15) is 46.1 Å². The maximum absolute atomic E-state index is 3.49. The summed E-state index contributed by atoms with van der Waals surface area (Å²) in [5.74, 6) is 0. The van der Waals surface area contributed by atoms with Gasteiger partial charge < -0.3 is 10.2 Å². The number of hydrogen-bond acceptors (Lipinski definition) is 2. The summed E-state index contributed by atoms with van der Waals surface area (Å²) in [6.45, 7) is 13.3. The predicted molar refractivity (Wildman–Crippen MR) is 86.0 cm³/mol. The Morgan fingerprint density at radius 1 is 1.21 bits per heavy atom. The van der Waals surface area contributed by atoms with Crippen LogP contribution in [0.2, 0.25) is 0 Å². The molecule has 1 atom stereocenters. The van der Waals surface area contributed by atoms with E-state index in [0.717, 1.165) is 13.1 Å². The van der Waals surface area contributed by atoms with Crippen LogP contribution in [0, 0.1) is 6.92 Å². The Labute approximate surface area is 119 Å². The highest BCUT2D eigenvalue weighted by atomic mass is 15.1. The summed E-state index contributed by atoms with van der Waals surface area (Å²) in [5, 5.41) is 3.49. The van der Waals surface area contributed by atoms with Crippen LogP contribution in [0.25, 0.3) is 0 Å². The van der Waals surface area contributed by atoms with E-state index in [0.29, 0.717) is 12.1 Å². The second-order valence-corrected chi connectivity index (χ2v) is 5.73. The molecular formula is C17H30N2. The van der Waals surface area contributed by atoms with Crippen molar-refractivity contribution in [2.75, 3.05) is 18.0 Å². The van der Waals surface area contributed by atoms with Crippen LogP contribution in [0.4, 0.5) is 5.69 Å². The summed E-state index contributed by atoms with van der Waals surface area (Å²) in [7, 11) is 0. The zero-order valence-electron chi connectivity index (χ0n) is 13.2. The van der Waals surface area contributed by atoms with Crippen molar-refractivity contribution in [2.24, 2.45) is 0 Å². The number of rotatable bonds is 8. The minimum Gasteiger partial charge on any atom is -0.369 e. The van der Waals surface area contributed by atoms with E-state index in [1.54, 1.807) is 0 Å². The summed E-state index contributed by atoms with van der Waals surface area (Å²) in [5.41, 5.74) is 2.69. The number of benzene rings is 1. The van der Waals surface area contributed by atoms with Gasteiger partial charge in [0.2, 0.25) is 0 Å². The van der Waals surface area contributed by atoms with E-state index in [1.165, 1.54) is 24.1 Å². The molecule has 0 aliphatic rings. The van der Waals surface area contributed by atoms with E-state index < -0.39 is 0 Å². The van der Waals surface area contributed by atoms with Crippen LogP contribution in [0.3, 0.4) is 0 Å². The second-order valence-electron chi connectivity index (χ2n) is 5.73. The fraction of sp³-hybridized carbons (Fsp3) is 0.647. The summed E-state index contributed by atoms with van der Waals surface area (Å²) in [6.07, 6.45) is 2.48. The zero-order valence-corrected chi connectivity index (χ0v) is 13.2. The second kappa shape index (κ2) is 8.21. The minimum atomic E-state index is 0.592. The molecule has 2 heteroatoms. The molecule has 0 aromatic heterocycles. The van der Waals surface area contributed by atoms with Gasteiger partial charge in [-0.15, -0.1) is 0 Å². The van der Waals surface area contributed by atoms with Crippen molar-refractivity contribution in [3.8, 4) is 0 Å². The van der Waals surface area contributed by atoms with Crippen molar-refractivity contribution < 1.29 is 0 Å². The quantitative estimate of drug-likeness (QED) is 0.713. The maximum Gasteiger partial charge on any atom is 0.0371 e. The molecule has 0 saturated heterocycles. The van der Waals surface area contributed by atoms with Crippen molar-refractivity contribution in [3.05, 3.63) is 29.8 Å². The Balaban J connectivity index is 2.50. The van der Waals surface area contributed by atoms with E-state index >= 15 is 0 Å². The topological polar surface area (TPSA) is 15.3 Å². The SMILES string of the molecule is CCN(c1cccc(C)c1)C(C)CCCNC(C)C. The largest absolute Gasteiger partial charge is 0.369 e. The molecule has 1 N–H and O–H groups in total. The molecule has 1 unspecified atom stereocenters. The minimum absolute atomic E-state index is 0.592. The van der Waals surface area contributed by atoms with E-state index in [4.69, 9.17) is 0 Å². The van der Waals surface area contributed by atoms with E-state index in [-0.39, 0.29) is 0 Å². The number of nitrogens with one attached hydrogen (secondary N) is 1. The van der Waals surface area contributed by atoms with Gasteiger partial charge in [0.1, 0.15) is 0 Å². The zero-order chi connectivity index (χ0) is 14.3. The smallest absolute Gasteiger partial charge is 0.0371 e. The summed E-state index contributed by atoms with van der Waals surface area (Å²) < 4.78 is 0. The van der Waals surface area contributed by atoms with Crippen LogP contribution < -0.4 is 10.2 Å². The first kappa shape index (κ1) is 16.0. The highest BCUT2D eigenvalue weighted by molar-refractivity contribution is 5.49. The molecule has 1 rings (SSSR count). The van der Waals surface area contributed by atoms with Gasteiger partial charge in [0.15, 0.2) is 0 Å². The van der Waals surface area contributed by atoms with Gasteiger partial charge in [-0.05, 0) is 57.9 Å². The Bertz CT molecular complexity index is 360. The Hall–Kier alpha value is -1.02. The highest BCUT2D eigenvalue weighted by Crippen LogP contribution is 2.20. The number of nitrogens with zero attached hydrogens (tertiary/aromatic N) is 1. The molecule has 108 valence electrons. The summed E-state index contributed by atoms with van der Waals surface area (Å²) in [4.78, 5) is 2.50. The van der Waals surface area contributed by atoms with Crippen LogP contribution in [-0.4, -0.2) is 25.2 Å². The molecule has 2 nitrogen and oxygen atoms in total. The first-order valence-corrected chi connectivity index (χ1v) is 7.61. The Kier molecular flexibility index (Phi) is 6.93. The molecule has 0 heterocycles. The van der Waals surface area contributed by atoms with Crippen molar-refractivity contribution in [1.29, 1.82) is 0 Å². The molecule has 0 saturated carbocycles. The Morgan fingerprint density at radius 2 is 1.95 bits per heavy atom. The van der Waals surface area contributed by atoms with Crippen LogP contribution >= 0.6 is 0 Å². The molecule has 1 aromatic rings. The first-order valence-electron chi connectivity index (χ1n) is 7.61. The predicted octanol–water partition coefficient (Wildman–Crippen LogP) is 3.99. The molecule has 19 heavy (non-hydrogen) atoms. The van der Waals surface area contributed by atoms with E-state index in [1.807, 2.05) is 0 Å². The van der Waals surface area contributed by atoms with Crippen LogP contribution in [0.15, 0.2) is 24.3 Å². The fourth-order valence-corrected chi connectivity index (χ4v) is 2.50. The standard InChI is InChI=1S/C17H30N2/c1-6-19(17-11-7-9-15(4)13-17)16(5)10-8-12-18-14(2)3/h7,9,11,13-14,16,18H,6,8,10,12H2,1-5H3. The molecule has 0 aliphatic heterocycles. The van der Waals surface area contributed by atoms with Crippen molar-refractivity contribution in [1.82, 2.24) is 5.32 Å². The average Bonchev–Trinajstić information content (AvgIpc) is 2.35. The van der Waals surface area contributed by atoms with Gasteiger partial charge in [0, 0.05) is 24.3 Å². The normalized spacial score (nSPS) is 12.7. The van der Waals surface area contributed by atoms with E-state index in [2.05, 4.69) is 69.1 Å². The van der Waals surface area contributed by atoms with Gasteiger partial charge in [-0.3, -0.25) is 0 Å². The lowest BCUT2D eigenvalue weighted by molar-refractivity contribution is 0.517. The summed E-state index contributed by atoms with van der Waals surface area (Å²) >= 11 is 0. The van der Waals surface area contributed by atoms with Gasteiger partial charge >= 0.3 is 0 Å². The third-order valence-corrected chi connectivity index (χ3v) is 3.56. The first-order chi connectivity index (χ1) is 9.04. The molecular weight excluding hydrogens is 232 g/mol. The molecule has 0 spiro atoms. The van der Waals surface area contributed by atoms with Gasteiger partial charge in [0.05, 0.1) is 0 Å². The van der Waals surface area contributed by atoms with Gasteiger partial charge in [-0.1, -0.05) is 26.0 Å². The lowest BCUT2D eigenvalue weighted by atomic mass is 10.1. The lowest BCUT2D eigenvalue weighted by Crippen LogP contribution is -2.34. The molecule has 0 fully saturated rings. The molecule has 1 aromatic carbocycles. The number of anilines is 1. The van der Waals surface area contributed by atoms with Crippen molar-refractivity contribution in [3.63, 3.8) is 0 Å².